The van der Waals surface area contributed by atoms with Gasteiger partial charge >= 0.3 is 11.8 Å². The van der Waals surface area contributed by atoms with Gasteiger partial charge in [-0.25, -0.2) is 19.3 Å². The summed E-state index contributed by atoms with van der Waals surface area (Å²) in [6.45, 7) is 9.91. The maximum Gasteiger partial charge on any atom is 0.519 e. The van der Waals surface area contributed by atoms with E-state index >= 15 is 0 Å². The fourth-order valence-electron chi connectivity index (χ4n) is 7.57. The van der Waals surface area contributed by atoms with Gasteiger partial charge in [0, 0.05) is 18.7 Å². The van der Waals surface area contributed by atoms with Gasteiger partial charge in [0.05, 0.1) is 5.69 Å². The molecule has 0 saturated heterocycles. The molecule has 12 nitrogen and oxygen atoms in total. The number of aromatic nitrogens is 6. The third-order valence-corrected chi connectivity index (χ3v) is 10.4. The average Bonchev–Trinajstić information content (AvgIpc) is 4.00. The molecule has 3 aromatic heterocycles. The number of ether oxygens (including phenoxy) is 2. The van der Waals surface area contributed by atoms with Crippen LogP contribution in [0.3, 0.4) is 0 Å². The van der Waals surface area contributed by atoms with Gasteiger partial charge in [-0.2, -0.15) is 0 Å². The molecular formula is C48H42N6O6. The van der Waals surface area contributed by atoms with Crippen LogP contribution in [-0.4, -0.2) is 42.3 Å². The predicted octanol–water partition coefficient (Wildman–Crippen LogP) is 8.87. The minimum absolute atomic E-state index is 0.126. The van der Waals surface area contributed by atoms with E-state index in [-0.39, 0.29) is 37.0 Å². The molecule has 0 N–H and O–H groups in total. The highest BCUT2D eigenvalue weighted by Crippen LogP contribution is 2.43. The number of carbonyl (C=O) groups excluding carboxylic acids is 1. The standard InChI is InChI=1S/C48H42N6O6/c1-5-57-31-42-49-43(32(2)3)44(46(55)58-30-41-33(4)59-47(56)60-41)53(42)29-34-25-27-35(28-26-34)39-23-15-16-24-40(39)45-50-51-52-54(45)48(36-17-9-6-10-18-36,37-19-11-7-12-20-37)38-21-13-8-14-22-38/h6-28H,2,5,29-31H2,1,3-4H3. The van der Waals surface area contributed by atoms with E-state index in [1.807, 2.05) is 109 Å². The number of esters is 1. The second-order valence-corrected chi connectivity index (χ2v) is 14.2. The summed E-state index contributed by atoms with van der Waals surface area (Å²) in [5, 5.41) is 13.8. The van der Waals surface area contributed by atoms with Gasteiger partial charge in [-0.1, -0.05) is 146 Å². The van der Waals surface area contributed by atoms with E-state index < -0.39 is 17.3 Å². The third-order valence-electron chi connectivity index (χ3n) is 10.4. The Morgan fingerprint density at radius 3 is 1.90 bits per heavy atom. The number of benzene rings is 5. The van der Waals surface area contributed by atoms with Crippen LogP contribution in [0.2, 0.25) is 0 Å². The van der Waals surface area contributed by atoms with Crippen LogP contribution in [0.25, 0.3) is 28.1 Å². The van der Waals surface area contributed by atoms with Crippen molar-refractivity contribution in [3.8, 4) is 22.5 Å². The van der Waals surface area contributed by atoms with E-state index in [1.54, 1.807) is 18.4 Å². The molecule has 0 aliphatic carbocycles. The summed E-state index contributed by atoms with van der Waals surface area (Å²) in [4.78, 5) is 30.2. The Morgan fingerprint density at radius 2 is 1.35 bits per heavy atom. The Balaban J connectivity index is 1.18. The fourth-order valence-corrected chi connectivity index (χ4v) is 7.57. The lowest BCUT2D eigenvalue weighted by Gasteiger charge is -2.36. The van der Waals surface area contributed by atoms with E-state index in [0.717, 1.165) is 38.9 Å². The molecule has 5 aromatic carbocycles. The number of hydrogen-bond acceptors (Lipinski definition) is 10. The predicted molar refractivity (Wildman–Crippen MR) is 226 cm³/mol. The lowest BCUT2D eigenvalue weighted by molar-refractivity contribution is 0.0429. The summed E-state index contributed by atoms with van der Waals surface area (Å²) in [6, 6.07) is 47.1. The van der Waals surface area contributed by atoms with Crippen LogP contribution < -0.4 is 5.82 Å². The first-order valence-electron chi connectivity index (χ1n) is 19.5. The van der Waals surface area contributed by atoms with Crippen LogP contribution in [0.4, 0.5) is 0 Å². The van der Waals surface area contributed by atoms with Crippen molar-refractivity contribution < 1.29 is 23.1 Å². The molecule has 0 unspecified atom stereocenters. The van der Waals surface area contributed by atoms with Crippen molar-refractivity contribution >= 4 is 11.5 Å². The smallest absolute Gasteiger partial charge is 0.453 e. The van der Waals surface area contributed by atoms with Crippen molar-refractivity contribution in [2.24, 2.45) is 0 Å². The van der Waals surface area contributed by atoms with Crippen molar-refractivity contribution in [3.63, 3.8) is 0 Å². The quantitative estimate of drug-likeness (QED) is 0.0730. The van der Waals surface area contributed by atoms with Gasteiger partial charge in [-0.15, -0.1) is 5.10 Å². The van der Waals surface area contributed by atoms with Crippen molar-refractivity contribution in [3.05, 3.63) is 208 Å². The Hall–Kier alpha value is -7.44. The zero-order valence-electron chi connectivity index (χ0n) is 33.4. The van der Waals surface area contributed by atoms with Crippen LogP contribution in [0, 0.1) is 6.92 Å². The summed E-state index contributed by atoms with van der Waals surface area (Å²) in [5.74, 6) is -0.0404. The van der Waals surface area contributed by atoms with E-state index in [0.29, 0.717) is 29.5 Å². The highest BCUT2D eigenvalue weighted by molar-refractivity contribution is 5.93. The molecule has 0 fully saturated rings. The van der Waals surface area contributed by atoms with Crippen molar-refractivity contribution in [1.82, 2.24) is 29.8 Å². The maximum absolute atomic E-state index is 13.8. The molecule has 300 valence electrons. The van der Waals surface area contributed by atoms with Crippen molar-refractivity contribution in [2.45, 2.75) is 46.1 Å². The normalized spacial score (nSPS) is 11.4. The molecule has 0 aliphatic rings. The summed E-state index contributed by atoms with van der Waals surface area (Å²) in [5.41, 5.74) is 6.87. The molecule has 60 heavy (non-hydrogen) atoms. The number of rotatable bonds is 15. The second-order valence-electron chi connectivity index (χ2n) is 14.2. The monoisotopic (exact) mass is 798 g/mol. The molecule has 12 heteroatoms. The molecular weight excluding hydrogens is 757 g/mol. The first-order valence-corrected chi connectivity index (χ1v) is 19.5. The van der Waals surface area contributed by atoms with Gasteiger partial charge < -0.3 is 22.9 Å². The molecule has 0 amide bonds. The highest BCUT2D eigenvalue weighted by Gasteiger charge is 2.42. The SMILES string of the molecule is C=C(C)c1nc(COCC)n(Cc2ccc(-c3ccccc3-c3nnnn3C(c3ccccc3)(c3ccccc3)c3ccccc3)cc2)c1C(=O)OCc1oc(=O)oc1C. The number of allylic oxidation sites excluding steroid dienone is 1. The Kier molecular flexibility index (Phi) is 11.3. The van der Waals surface area contributed by atoms with E-state index in [4.69, 9.17) is 33.6 Å². The molecule has 8 rings (SSSR count). The van der Waals surface area contributed by atoms with Gasteiger partial charge in [0.25, 0.3) is 0 Å². The molecule has 8 aromatic rings. The van der Waals surface area contributed by atoms with E-state index in [2.05, 4.69) is 54.3 Å². The zero-order valence-corrected chi connectivity index (χ0v) is 33.4. The fraction of sp³-hybridized carbons (Fsp3) is 0.167. The van der Waals surface area contributed by atoms with Gasteiger partial charge in [0.2, 0.25) is 0 Å². The first kappa shape index (κ1) is 39.4. The third kappa shape index (κ3) is 7.51. The zero-order chi connectivity index (χ0) is 41.6. The van der Waals surface area contributed by atoms with Crippen molar-refractivity contribution in [2.75, 3.05) is 6.61 Å². The number of imidazole rings is 1. The molecule has 0 saturated carbocycles. The largest absolute Gasteiger partial charge is 0.519 e. The van der Waals surface area contributed by atoms with Crippen LogP contribution in [0.5, 0.6) is 0 Å². The summed E-state index contributed by atoms with van der Waals surface area (Å²) < 4.78 is 25.1. The number of nitrogens with zero attached hydrogens (tertiary/aromatic N) is 6. The number of aryl methyl sites for hydroxylation is 1. The van der Waals surface area contributed by atoms with Crippen LogP contribution in [0.15, 0.2) is 160 Å². The average molecular weight is 799 g/mol. The highest BCUT2D eigenvalue weighted by atomic mass is 16.6. The van der Waals surface area contributed by atoms with E-state index in [1.165, 1.54) is 0 Å². The van der Waals surface area contributed by atoms with E-state index in [9.17, 15) is 9.59 Å². The molecule has 0 spiro atoms. The Morgan fingerprint density at radius 1 is 0.767 bits per heavy atom. The first-order chi connectivity index (χ1) is 29.3. The minimum Gasteiger partial charge on any atom is -0.453 e. The lowest BCUT2D eigenvalue weighted by atomic mass is 9.77. The number of tetrazole rings is 1. The molecule has 0 bridgehead atoms. The Bertz CT molecular complexity index is 2710. The number of hydrogen-bond donors (Lipinski definition) is 0. The lowest BCUT2D eigenvalue weighted by Crippen LogP contribution is -2.39. The van der Waals surface area contributed by atoms with Gasteiger partial charge in [-0.3, -0.25) is 0 Å². The summed E-state index contributed by atoms with van der Waals surface area (Å²) in [6.07, 6.45) is 0. The summed E-state index contributed by atoms with van der Waals surface area (Å²) in [7, 11) is 0. The Labute approximate surface area is 346 Å². The molecule has 0 radical (unpaired) electrons. The maximum atomic E-state index is 13.8. The number of carbonyl (C=O) groups is 1. The molecule has 0 atom stereocenters. The van der Waals surface area contributed by atoms with Crippen LogP contribution in [0.1, 0.15) is 69.6 Å². The van der Waals surface area contributed by atoms with Crippen LogP contribution in [-0.2, 0) is 34.8 Å². The minimum atomic E-state index is -0.920. The topological polar surface area (TPSA) is 140 Å². The van der Waals surface area contributed by atoms with Crippen molar-refractivity contribution in [1.29, 1.82) is 0 Å². The molecule has 3 heterocycles. The van der Waals surface area contributed by atoms with Gasteiger partial charge in [-0.05, 0) is 70.2 Å². The second kappa shape index (κ2) is 17.2. The van der Waals surface area contributed by atoms with Gasteiger partial charge in [0.1, 0.15) is 18.0 Å². The summed E-state index contributed by atoms with van der Waals surface area (Å²) >= 11 is 0. The van der Waals surface area contributed by atoms with Gasteiger partial charge in [0.15, 0.2) is 29.6 Å². The molecule has 0 aliphatic heterocycles. The van der Waals surface area contributed by atoms with Crippen LogP contribution >= 0.6 is 0 Å².